The summed E-state index contributed by atoms with van der Waals surface area (Å²) in [7, 11) is 0. The van der Waals surface area contributed by atoms with Gasteiger partial charge in [-0.25, -0.2) is 0 Å². The fraction of sp³-hybridized carbons (Fsp3) is 0.500. The van der Waals surface area contributed by atoms with Gasteiger partial charge in [-0.1, -0.05) is 26.0 Å². The third kappa shape index (κ3) is 4.04. The van der Waals surface area contributed by atoms with Crippen LogP contribution >= 0.6 is 0 Å². The van der Waals surface area contributed by atoms with Crippen LogP contribution in [0.25, 0.3) is 0 Å². The molecule has 1 aromatic rings. The average molecular weight is 290 g/mol. The predicted octanol–water partition coefficient (Wildman–Crippen LogP) is 2.03. The molecule has 1 saturated heterocycles. The van der Waals surface area contributed by atoms with Crippen molar-refractivity contribution in [3.05, 3.63) is 29.8 Å². The first kappa shape index (κ1) is 15.5. The fourth-order valence-electron chi connectivity index (χ4n) is 2.81. The Morgan fingerprint density at radius 3 is 2.86 bits per heavy atom. The molecule has 0 bridgehead atoms. The van der Waals surface area contributed by atoms with Crippen molar-refractivity contribution in [2.45, 2.75) is 39.2 Å². The van der Waals surface area contributed by atoms with E-state index in [1.165, 1.54) is 0 Å². The monoisotopic (exact) mass is 290 g/mol. The van der Waals surface area contributed by atoms with Gasteiger partial charge in [-0.05, 0) is 42.5 Å². The zero-order chi connectivity index (χ0) is 15.5. The van der Waals surface area contributed by atoms with Gasteiger partial charge in [0.15, 0.2) is 0 Å². The molecule has 0 saturated carbocycles. The summed E-state index contributed by atoms with van der Waals surface area (Å²) in [5, 5.41) is 15.0. The van der Waals surface area contributed by atoms with E-state index in [1.54, 1.807) is 24.3 Å². The van der Waals surface area contributed by atoms with Crippen LogP contribution in [0.15, 0.2) is 24.3 Å². The Hall–Kier alpha value is -1.88. The zero-order valence-electron chi connectivity index (χ0n) is 12.5. The maximum atomic E-state index is 12.4. The van der Waals surface area contributed by atoms with Gasteiger partial charge in [0, 0.05) is 5.69 Å². The fourth-order valence-corrected chi connectivity index (χ4v) is 2.81. The molecular formula is C16H22N2O3. The Balaban J connectivity index is 2.07. The summed E-state index contributed by atoms with van der Waals surface area (Å²) in [5.74, 6) is -0.944. The molecular weight excluding hydrogens is 268 g/mol. The second-order valence-electron chi connectivity index (χ2n) is 6.24. The Morgan fingerprint density at radius 1 is 1.43 bits per heavy atom. The van der Waals surface area contributed by atoms with Gasteiger partial charge in [0.05, 0.1) is 12.5 Å². The van der Waals surface area contributed by atoms with Crippen LogP contribution in [0, 0.1) is 5.41 Å². The summed E-state index contributed by atoms with van der Waals surface area (Å²) in [5.41, 5.74) is 1.24. The molecule has 5 nitrogen and oxygen atoms in total. The number of benzene rings is 1. The molecule has 2 rings (SSSR count). The van der Waals surface area contributed by atoms with Crippen molar-refractivity contribution >= 4 is 17.6 Å². The number of anilines is 1. The molecule has 1 aliphatic heterocycles. The van der Waals surface area contributed by atoms with Crippen molar-refractivity contribution in [2.24, 2.45) is 5.41 Å². The van der Waals surface area contributed by atoms with Crippen LogP contribution in [0.1, 0.15) is 32.3 Å². The molecule has 0 aromatic heterocycles. The third-order valence-corrected chi connectivity index (χ3v) is 3.94. The molecule has 1 fully saturated rings. The minimum absolute atomic E-state index is 0.0448. The van der Waals surface area contributed by atoms with Crippen LogP contribution in [-0.4, -0.2) is 29.6 Å². The number of rotatable bonds is 4. The molecule has 3 N–H and O–H groups in total. The maximum Gasteiger partial charge on any atom is 0.307 e. The van der Waals surface area contributed by atoms with Gasteiger partial charge in [0.25, 0.3) is 0 Å². The largest absolute Gasteiger partial charge is 0.481 e. The van der Waals surface area contributed by atoms with E-state index in [-0.39, 0.29) is 23.8 Å². The standard InChI is InChI=1S/C16H22N2O3/c1-16(2)7-4-8-17-14(16)15(21)18-12-6-3-5-11(9-12)10-13(19)20/h3,5-6,9,14,17H,4,7-8,10H2,1-2H3,(H,18,21)(H,19,20). The number of carboxylic acid groups (broad SMARTS) is 1. The summed E-state index contributed by atoms with van der Waals surface area (Å²) in [6, 6.07) is 6.76. The number of aliphatic carboxylic acids is 1. The summed E-state index contributed by atoms with van der Waals surface area (Å²) in [6.07, 6.45) is 2.04. The van der Waals surface area contributed by atoms with E-state index in [0.29, 0.717) is 11.3 Å². The van der Waals surface area contributed by atoms with Gasteiger partial charge >= 0.3 is 5.97 Å². The first-order valence-electron chi connectivity index (χ1n) is 7.23. The minimum atomic E-state index is -0.881. The Bertz CT molecular complexity index is 540. The average Bonchev–Trinajstić information content (AvgIpc) is 2.37. The van der Waals surface area contributed by atoms with Gasteiger partial charge in [-0.2, -0.15) is 0 Å². The van der Waals surface area contributed by atoms with Gasteiger partial charge < -0.3 is 15.7 Å². The van der Waals surface area contributed by atoms with Crippen molar-refractivity contribution in [3.63, 3.8) is 0 Å². The van der Waals surface area contributed by atoms with Gasteiger partial charge in [-0.3, -0.25) is 9.59 Å². The molecule has 0 aliphatic carbocycles. The van der Waals surface area contributed by atoms with E-state index in [9.17, 15) is 9.59 Å². The minimum Gasteiger partial charge on any atom is -0.481 e. The van der Waals surface area contributed by atoms with Crippen molar-refractivity contribution in [1.82, 2.24) is 5.32 Å². The van der Waals surface area contributed by atoms with Crippen LogP contribution in [0.4, 0.5) is 5.69 Å². The molecule has 1 unspecified atom stereocenters. The van der Waals surface area contributed by atoms with E-state index in [1.807, 2.05) is 0 Å². The van der Waals surface area contributed by atoms with E-state index in [0.717, 1.165) is 19.4 Å². The first-order chi connectivity index (χ1) is 9.88. The molecule has 0 spiro atoms. The van der Waals surface area contributed by atoms with Crippen LogP contribution in [0.3, 0.4) is 0 Å². The molecule has 1 aromatic carbocycles. The highest BCUT2D eigenvalue weighted by Crippen LogP contribution is 2.30. The Kier molecular flexibility index (Phi) is 4.63. The number of carbonyl (C=O) groups excluding carboxylic acids is 1. The summed E-state index contributed by atoms with van der Waals surface area (Å²) in [6.45, 7) is 5.02. The van der Waals surface area contributed by atoms with Gasteiger partial charge in [-0.15, -0.1) is 0 Å². The van der Waals surface area contributed by atoms with Crippen molar-refractivity contribution in [2.75, 3.05) is 11.9 Å². The number of carboxylic acids is 1. The molecule has 21 heavy (non-hydrogen) atoms. The molecule has 1 amide bonds. The van der Waals surface area contributed by atoms with Crippen molar-refractivity contribution in [3.8, 4) is 0 Å². The Morgan fingerprint density at radius 2 is 2.19 bits per heavy atom. The quantitative estimate of drug-likeness (QED) is 0.793. The van der Waals surface area contributed by atoms with E-state index in [4.69, 9.17) is 5.11 Å². The maximum absolute atomic E-state index is 12.4. The van der Waals surface area contributed by atoms with Crippen molar-refractivity contribution < 1.29 is 14.7 Å². The second-order valence-corrected chi connectivity index (χ2v) is 6.24. The Labute approximate surface area is 124 Å². The van der Waals surface area contributed by atoms with Crippen molar-refractivity contribution in [1.29, 1.82) is 0 Å². The van der Waals surface area contributed by atoms with Crippen LogP contribution < -0.4 is 10.6 Å². The number of carbonyl (C=O) groups is 2. The van der Waals surface area contributed by atoms with Gasteiger partial charge in [0.2, 0.25) is 5.91 Å². The van der Waals surface area contributed by atoms with E-state index in [2.05, 4.69) is 24.5 Å². The lowest BCUT2D eigenvalue weighted by Crippen LogP contribution is -2.53. The molecule has 1 heterocycles. The van der Waals surface area contributed by atoms with E-state index < -0.39 is 5.97 Å². The number of hydrogen-bond donors (Lipinski definition) is 3. The van der Waals surface area contributed by atoms with Crippen LogP contribution in [0.5, 0.6) is 0 Å². The summed E-state index contributed by atoms with van der Waals surface area (Å²) >= 11 is 0. The normalized spacial score (nSPS) is 20.8. The lowest BCUT2D eigenvalue weighted by molar-refractivity contribution is -0.136. The highest BCUT2D eigenvalue weighted by molar-refractivity contribution is 5.95. The summed E-state index contributed by atoms with van der Waals surface area (Å²) < 4.78 is 0. The lowest BCUT2D eigenvalue weighted by atomic mass is 9.77. The number of nitrogens with one attached hydrogen (secondary N) is 2. The van der Waals surface area contributed by atoms with E-state index >= 15 is 0 Å². The predicted molar refractivity (Wildman–Crippen MR) is 81.2 cm³/mol. The summed E-state index contributed by atoms with van der Waals surface area (Å²) in [4.78, 5) is 23.2. The van der Waals surface area contributed by atoms with Crippen LogP contribution in [-0.2, 0) is 16.0 Å². The topological polar surface area (TPSA) is 78.4 Å². The number of piperidine rings is 1. The molecule has 1 aliphatic rings. The third-order valence-electron chi connectivity index (χ3n) is 3.94. The molecule has 0 radical (unpaired) electrons. The molecule has 5 heteroatoms. The first-order valence-corrected chi connectivity index (χ1v) is 7.23. The molecule has 1 atom stereocenters. The van der Waals surface area contributed by atoms with Gasteiger partial charge in [0.1, 0.15) is 0 Å². The number of hydrogen-bond acceptors (Lipinski definition) is 3. The SMILES string of the molecule is CC1(C)CCCNC1C(=O)Nc1cccc(CC(=O)O)c1. The highest BCUT2D eigenvalue weighted by atomic mass is 16.4. The zero-order valence-corrected chi connectivity index (χ0v) is 12.5. The molecule has 114 valence electrons. The smallest absolute Gasteiger partial charge is 0.307 e. The highest BCUT2D eigenvalue weighted by Gasteiger charge is 2.37. The number of amides is 1. The van der Waals surface area contributed by atoms with Crippen LogP contribution in [0.2, 0.25) is 0 Å². The second kappa shape index (κ2) is 6.26. The lowest BCUT2D eigenvalue weighted by Gasteiger charge is -2.38.